The Morgan fingerprint density at radius 3 is 2.59 bits per heavy atom. The molecule has 1 aromatic rings. The molecule has 2 saturated carbocycles. The van der Waals surface area contributed by atoms with Crippen LogP contribution in [0.15, 0.2) is 30.4 Å². The van der Waals surface area contributed by atoms with Crippen molar-refractivity contribution in [3.8, 4) is 5.75 Å². The van der Waals surface area contributed by atoms with Gasteiger partial charge in [0.25, 0.3) is 0 Å². The van der Waals surface area contributed by atoms with Crippen LogP contribution in [-0.2, 0) is 26.2 Å². The number of methoxy groups -OCH3 is 1. The fraction of sp³-hybridized carbons (Fsp3) is 0.655. The van der Waals surface area contributed by atoms with E-state index in [0.29, 0.717) is 5.41 Å². The van der Waals surface area contributed by atoms with Gasteiger partial charge in [0.05, 0.1) is 13.7 Å². The van der Waals surface area contributed by atoms with E-state index < -0.39 is 24.1 Å². The lowest BCUT2D eigenvalue weighted by Gasteiger charge is -2.60. The molecule has 2 unspecified atom stereocenters. The van der Waals surface area contributed by atoms with E-state index in [1.54, 1.807) is 18.2 Å². The minimum atomic E-state index is -2.14. The minimum absolute atomic E-state index is 0.0161. The van der Waals surface area contributed by atoms with Crippen molar-refractivity contribution in [2.75, 3.05) is 26.8 Å². The normalized spacial score (nSPS) is 28.4. The standard InChI is InChI=1S/C23H31NO.C6H10O6/c1-16-6-9-20-22-12-18-7-8-19(25-2)13-21(18)23(20,14-16)10-11-24(22)15-17-4-3-5-17;1-2-12-6(11)4(8)3(7)5(9)10/h7-8,13,17,20,22H,1,3-6,9-12,14-15H2,2H3;3-4,7-8H,2H2,1H3,(H,9,10)/t20-,22+,23-;/m0./s1. The smallest absolute Gasteiger partial charge is 0.338 e. The third kappa shape index (κ3) is 5.56. The first kappa shape index (κ1) is 27.6. The highest BCUT2D eigenvalue weighted by Crippen LogP contribution is 2.57. The van der Waals surface area contributed by atoms with Crippen molar-refractivity contribution in [3.05, 3.63) is 41.5 Å². The number of piperidine rings is 1. The van der Waals surface area contributed by atoms with Crippen LogP contribution in [0.5, 0.6) is 5.75 Å². The number of rotatable bonds is 7. The van der Waals surface area contributed by atoms with E-state index in [4.69, 9.17) is 20.1 Å². The first-order chi connectivity index (χ1) is 17.7. The Morgan fingerprint density at radius 2 is 1.97 bits per heavy atom. The van der Waals surface area contributed by atoms with Crippen molar-refractivity contribution in [2.45, 2.75) is 82.0 Å². The van der Waals surface area contributed by atoms with Crippen molar-refractivity contribution in [1.82, 2.24) is 4.90 Å². The van der Waals surface area contributed by atoms with Crippen LogP contribution in [-0.4, -0.2) is 77.2 Å². The maximum Gasteiger partial charge on any atom is 0.338 e. The summed E-state index contributed by atoms with van der Waals surface area (Å²) in [5, 5.41) is 25.6. The highest BCUT2D eigenvalue weighted by atomic mass is 16.5. The molecule has 1 saturated heterocycles. The van der Waals surface area contributed by atoms with Crippen LogP contribution in [0.2, 0.25) is 0 Å². The van der Waals surface area contributed by atoms with Crippen molar-refractivity contribution in [2.24, 2.45) is 11.8 Å². The zero-order valence-corrected chi connectivity index (χ0v) is 22.0. The average Bonchev–Trinajstić information content (AvgIpc) is 2.86. The molecule has 3 fully saturated rings. The number of hydrogen-bond donors (Lipinski definition) is 3. The highest BCUT2D eigenvalue weighted by molar-refractivity contribution is 5.84. The number of fused-ring (bicyclic) bond motifs is 1. The number of allylic oxidation sites excluding steroid dienone is 1. The molecule has 2 bridgehead atoms. The molecule has 0 spiro atoms. The first-order valence-corrected chi connectivity index (χ1v) is 13.5. The van der Waals surface area contributed by atoms with Gasteiger partial charge in [-0.2, -0.15) is 0 Å². The van der Waals surface area contributed by atoms with Gasteiger partial charge in [-0.1, -0.05) is 24.6 Å². The van der Waals surface area contributed by atoms with Crippen LogP contribution in [0.3, 0.4) is 0 Å². The SMILES string of the molecule is C=C1CC[C@H]2[C@H]3Cc4ccc(OC)cc4[C@@]2(CCN3CC2CCC2)C1.CCOC(=O)C(O)C(O)C(=O)O. The van der Waals surface area contributed by atoms with Crippen LogP contribution >= 0.6 is 0 Å². The third-order valence-corrected chi connectivity index (χ3v) is 8.94. The summed E-state index contributed by atoms with van der Waals surface area (Å²) in [6.07, 6.45) is 6.54. The van der Waals surface area contributed by atoms with Gasteiger partial charge in [0.2, 0.25) is 0 Å². The molecule has 1 aliphatic heterocycles. The summed E-state index contributed by atoms with van der Waals surface area (Å²) < 4.78 is 9.85. The second kappa shape index (κ2) is 11.5. The number of likely N-dealkylation sites (tertiary alicyclic amines) is 1. The summed E-state index contributed by atoms with van der Waals surface area (Å²) >= 11 is 0. The number of carboxylic acids is 1. The molecule has 8 nitrogen and oxygen atoms in total. The van der Waals surface area contributed by atoms with E-state index in [1.165, 1.54) is 77.0 Å². The number of benzene rings is 1. The molecule has 5 atom stereocenters. The van der Waals surface area contributed by atoms with Gasteiger partial charge in [0.1, 0.15) is 5.75 Å². The van der Waals surface area contributed by atoms with E-state index >= 15 is 0 Å². The number of aliphatic hydroxyl groups excluding tert-OH is 2. The maximum atomic E-state index is 10.6. The number of aliphatic carboxylic acids is 1. The third-order valence-electron chi connectivity index (χ3n) is 8.94. The largest absolute Gasteiger partial charge is 0.497 e. The molecule has 4 aliphatic rings. The number of carbonyl (C=O) groups excluding carboxylic acids is 1. The fourth-order valence-corrected chi connectivity index (χ4v) is 6.87. The quantitative estimate of drug-likeness (QED) is 0.375. The summed E-state index contributed by atoms with van der Waals surface area (Å²) in [5.74, 6) is -0.00360. The fourth-order valence-electron chi connectivity index (χ4n) is 6.87. The van der Waals surface area contributed by atoms with Crippen LogP contribution < -0.4 is 4.74 Å². The Bertz CT molecular complexity index is 1010. The highest BCUT2D eigenvalue weighted by Gasteiger charge is 2.54. The van der Waals surface area contributed by atoms with Crippen molar-refractivity contribution in [3.63, 3.8) is 0 Å². The van der Waals surface area contributed by atoms with Gasteiger partial charge < -0.3 is 24.8 Å². The molecular weight excluding hydrogens is 474 g/mol. The molecule has 3 N–H and O–H groups in total. The van der Waals surface area contributed by atoms with Gasteiger partial charge in [0, 0.05) is 18.0 Å². The Morgan fingerprint density at radius 1 is 1.22 bits per heavy atom. The lowest BCUT2D eigenvalue weighted by molar-refractivity contribution is -0.169. The number of carbonyl (C=O) groups is 2. The summed E-state index contributed by atoms with van der Waals surface area (Å²) in [5.41, 5.74) is 4.98. The van der Waals surface area contributed by atoms with Gasteiger partial charge in [0.15, 0.2) is 12.2 Å². The van der Waals surface area contributed by atoms with Crippen molar-refractivity contribution >= 4 is 11.9 Å². The zero-order chi connectivity index (χ0) is 26.7. The van der Waals surface area contributed by atoms with E-state index in [-0.39, 0.29) is 6.61 Å². The van der Waals surface area contributed by atoms with Gasteiger partial charge >= 0.3 is 11.9 Å². The summed E-state index contributed by atoms with van der Waals surface area (Å²) in [6.45, 7) is 8.55. The van der Waals surface area contributed by atoms with E-state index in [0.717, 1.165) is 23.6 Å². The van der Waals surface area contributed by atoms with Gasteiger partial charge in [-0.05, 0) is 93.5 Å². The maximum absolute atomic E-state index is 10.6. The minimum Gasteiger partial charge on any atom is -0.497 e. The summed E-state index contributed by atoms with van der Waals surface area (Å²) in [7, 11) is 1.80. The van der Waals surface area contributed by atoms with E-state index in [2.05, 4.69) is 34.4 Å². The van der Waals surface area contributed by atoms with Crippen LogP contribution in [0.4, 0.5) is 0 Å². The second-order valence-electron chi connectivity index (χ2n) is 11.0. The molecule has 1 heterocycles. The van der Waals surface area contributed by atoms with Gasteiger partial charge in [-0.3, -0.25) is 4.90 Å². The predicted octanol–water partition coefficient (Wildman–Crippen LogP) is 3.08. The monoisotopic (exact) mass is 515 g/mol. The van der Waals surface area contributed by atoms with Crippen LogP contribution in [0.1, 0.15) is 63.0 Å². The Kier molecular flexibility index (Phi) is 8.61. The molecule has 37 heavy (non-hydrogen) atoms. The average molecular weight is 516 g/mol. The molecular formula is C29H41NO7. The number of carboxylic acid groups (broad SMARTS) is 1. The second-order valence-corrected chi connectivity index (χ2v) is 11.0. The molecule has 0 aromatic heterocycles. The Balaban J connectivity index is 0.000000229. The molecule has 3 aliphatic carbocycles. The zero-order valence-electron chi connectivity index (χ0n) is 22.0. The number of ether oxygens (including phenoxy) is 2. The van der Waals surface area contributed by atoms with Gasteiger partial charge in [-0.15, -0.1) is 0 Å². The molecule has 8 heteroatoms. The number of aliphatic hydroxyl groups is 2. The van der Waals surface area contributed by atoms with E-state index in [1.807, 2.05) is 0 Å². The predicted molar refractivity (Wildman–Crippen MR) is 138 cm³/mol. The summed E-state index contributed by atoms with van der Waals surface area (Å²) in [4.78, 5) is 23.5. The molecule has 0 amide bonds. The molecule has 204 valence electrons. The van der Waals surface area contributed by atoms with Crippen molar-refractivity contribution < 1.29 is 34.4 Å². The topological polar surface area (TPSA) is 117 Å². The van der Waals surface area contributed by atoms with E-state index in [9.17, 15) is 9.59 Å². The number of esters is 1. The lowest BCUT2D eigenvalue weighted by atomic mass is 9.51. The molecule has 1 aromatic carbocycles. The molecule has 5 rings (SSSR count). The van der Waals surface area contributed by atoms with Gasteiger partial charge in [-0.25, -0.2) is 9.59 Å². The van der Waals surface area contributed by atoms with Crippen LogP contribution in [0.25, 0.3) is 0 Å². The van der Waals surface area contributed by atoms with Crippen LogP contribution in [0, 0.1) is 11.8 Å². The lowest BCUT2D eigenvalue weighted by Crippen LogP contribution is -2.61. The Hall–Kier alpha value is -2.42. The first-order valence-electron chi connectivity index (χ1n) is 13.5. The number of hydrogen-bond acceptors (Lipinski definition) is 7. The Labute approximate surface area is 219 Å². The molecule has 0 radical (unpaired) electrons. The summed E-state index contributed by atoms with van der Waals surface area (Å²) in [6, 6.07) is 7.63. The van der Waals surface area contributed by atoms with Crippen molar-refractivity contribution in [1.29, 1.82) is 0 Å². The number of nitrogens with zero attached hydrogens (tertiary/aromatic N) is 1.